The molecule has 6 aliphatic rings. The Balaban J connectivity index is 0.951. The van der Waals surface area contributed by atoms with E-state index in [9.17, 15) is 0 Å². The van der Waals surface area contributed by atoms with Gasteiger partial charge < -0.3 is 46.8 Å². The molecule has 0 aliphatic carbocycles. The van der Waals surface area contributed by atoms with Crippen molar-refractivity contribution in [1.82, 2.24) is 39.9 Å². The SMILES string of the molecule is C[N+]1(CCOc2ccc3c(c2)-c2nc-3nc3[nH]c(nc4nc(nc5[nH]c(n2)c2ccc(OCC[N+]6(C)CCCCC6)cc52)-c2ccc(OCC[N+]5(C)CCCCC5)cc2-4)c2ccc(OCC[N+]4(C)CCCCC4)cc32)CCCCC1. The number of likely N-dealkylation sites (N-methyl/N-ethyl adjacent to an activating group) is 4. The van der Waals surface area contributed by atoms with Crippen molar-refractivity contribution < 1.29 is 36.9 Å². The van der Waals surface area contributed by atoms with Gasteiger partial charge in [-0.25, -0.2) is 29.9 Å². The lowest BCUT2D eigenvalue weighted by Gasteiger charge is -2.37. The number of aromatic amines is 2. The molecule has 7 aromatic rings. The zero-order valence-electron chi connectivity index (χ0n) is 47.8. The molecule has 16 nitrogen and oxygen atoms in total. The summed E-state index contributed by atoms with van der Waals surface area (Å²) in [6, 6.07) is 24.9. The van der Waals surface area contributed by atoms with Crippen molar-refractivity contribution in [2.24, 2.45) is 0 Å². The van der Waals surface area contributed by atoms with Gasteiger partial charge in [0.05, 0.1) is 80.5 Å². The molecule has 0 spiro atoms. The molecular formula is C64H82N12O4+4. The van der Waals surface area contributed by atoms with Crippen LogP contribution in [-0.4, -0.2) is 191 Å². The van der Waals surface area contributed by atoms with Crippen LogP contribution >= 0.6 is 0 Å². The van der Waals surface area contributed by atoms with E-state index >= 15 is 0 Å². The topological polar surface area (TPSA) is 146 Å². The molecule has 4 aromatic carbocycles. The number of piperidine rings is 4. The van der Waals surface area contributed by atoms with Crippen LogP contribution < -0.4 is 18.9 Å². The Morgan fingerprint density at radius 1 is 0.312 bits per heavy atom. The second kappa shape index (κ2) is 22.0. The molecule has 4 fully saturated rings. The van der Waals surface area contributed by atoms with E-state index in [2.05, 4.69) is 98.8 Å². The van der Waals surface area contributed by atoms with Gasteiger partial charge in [-0.1, -0.05) is 0 Å². The summed E-state index contributed by atoms with van der Waals surface area (Å²) < 4.78 is 30.5. The van der Waals surface area contributed by atoms with Crippen LogP contribution in [0.2, 0.25) is 0 Å². The van der Waals surface area contributed by atoms with E-state index in [1.54, 1.807) is 0 Å². The number of nitrogens with one attached hydrogen (secondary N) is 2. The van der Waals surface area contributed by atoms with Crippen molar-refractivity contribution in [3.05, 3.63) is 72.8 Å². The van der Waals surface area contributed by atoms with Crippen LogP contribution in [0.4, 0.5) is 0 Å². The largest absolute Gasteiger partial charge is 0.488 e. The summed E-state index contributed by atoms with van der Waals surface area (Å²) in [5.41, 5.74) is 5.90. The van der Waals surface area contributed by atoms with Crippen molar-refractivity contribution in [3.63, 3.8) is 0 Å². The molecule has 0 radical (unpaired) electrons. The Labute approximate surface area is 470 Å². The van der Waals surface area contributed by atoms with Crippen molar-refractivity contribution in [2.75, 3.05) is 133 Å². The number of ether oxygens (including phenoxy) is 4. The van der Waals surface area contributed by atoms with Crippen LogP contribution in [0.5, 0.6) is 23.0 Å². The monoisotopic (exact) mass is 1080 g/mol. The highest BCUT2D eigenvalue weighted by Gasteiger charge is 2.30. The Morgan fingerprint density at radius 2 is 0.588 bits per heavy atom. The van der Waals surface area contributed by atoms with Gasteiger partial charge in [0.15, 0.2) is 23.3 Å². The maximum Gasteiger partial charge on any atom is 0.164 e. The lowest BCUT2D eigenvalue weighted by atomic mass is 10.1. The number of aromatic nitrogens is 8. The second-order valence-electron chi connectivity index (χ2n) is 25.2. The zero-order chi connectivity index (χ0) is 54.3. The van der Waals surface area contributed by atoms with E-state index in [-0.39, 0.29) is 0 Å². The van der Waals surface area contributed by atoms with E-state index in [0.29, 0.717) is 72.3 Å². The molecule has 16 heteroatoms. The zero-order valence-corrected chi connectivity index (χ0v) is 47.8. The predicted molar refractivity (Wildman–Crippen MR) is 317 cm³/mol. The van der Waals surface area contributed by atoms with Gasteiger partial charge in [-0.15, -0.1) is 0 Å². The summed E-state index contributed by atoms with van der Waals surface area (Å²) in [6.07, 6.45) is 15.4. The van der Waals surface area contributed by atoms with Crippen LogP contribution in [0.1, 0.15) is 77.0 Å². The fourth-order valence-corrected chi connectivity index (χ4v) is 13.6. The number of hydrogen-bond acceptors (Lipinski definition) is 10. The van der Waals surface area contributed by atoms with Gasteiger partial charge in [-0.3, -0.25) is 0 Å². The maximum absolute atomic E-state index is 6.59. The molecule has 9 heterocycles. The Hall–Kier alpha value is -6.72. The van der Waals surface area contributed by atoms with Crippen LogP contribution in [-0.2, 0) is 0 Å². The maximum atomic E-state index is 6.59. The minimum absolute atomic E-state index is 0.530. The summed E-state index contributed by atoms with van der Waals surface area (Å²) in [5, 5.41) is 3.52. The van der Waals surface area contributed by atoms with E-state index in [1.807, 2.05) is 12.1 Å². The van der Waals surface area contributed by atoms with E-state index in [4.69, 9.17) is 48.9 Å². The van der Waals surface area contributed by atoms with Gasteiger partial charge >= 0.3 is 0 Å². The standard InChI is InChI=1S/C64H82N12O4/c1-73(25-9-5-10-26-73)33-37-77-45-17-21-49-53(41-45)61-65-57(49)70-62-55-43-47(79-39-35-75(3)29-13-7-14-30-75)19-23-51(55)59(67-62)72-64-56-44-48(80-40-36-76(4)31-15-8-16-32-76)20-24-52(56)60(68-64)71-63-54-42-46(18-22-50(54)58(66-63)69-61)78-38-34-74(2)27-11-6-12-28-74/h17-24,41-44H,5-16,25-40H2,1-4H3,(H2,65,66,67,68,69,70,71,72)/q+4. The van der Waals surface area contributed by atoms with Gasteiger partial charge in [0.25, 0.3) is 0 Å². The number of H-pyrrole nitrogens is 2. The fraction of sp³-hybridized carbons (Fsp3) is 0.500. The summed E-state index contributed by atoms with van der Waals surface area (Å²) in [5.74, 6) is 5.26. The third-order valence-corrected chi connectivity index (χ3v) is 18.9. The molecule has 0 atom stereocenters. The molecule has 8 bridgehead atoms. The molecular weight excluding hydrogens is 1000 g/mol. The first-order valence-electron chi connectivity index (χ1n) is 30.2. The molecule has 2 N–H and O–H groups in total. The molecule has 3 aromatic heterocycles. The van der Waals surface area contributed by atoms with Gasteiger partial charge in [0, 0.05) is 43.8 Å². The van der Waals surface area contributed by atoms with Crippen molar-refractivity contribution in [2.45, 2.75) is 77.0 Å². The molecule has 13 rings (SSSR count). The number of likely N-dealkylation sites (tertiary alicyclic amines) is 4. The lowest BCUT2D eigenvalue weighted by Crippen LogP contribution is -2.50. The highest BCUT2D eigenvalue weighted by atomic mass is 16.5. The molecule has 4 saturated heterocycles. The highest BCUT2D eigenvalue weighted by Crippen LogP contribution is 2.40. The van der Waals surface area contributed by atoms with Crippen molar-refractivity contribution in [3.8, 4) is 68.5 Å². The molecule has 0 saturated carbocycles. The smallest absolute Gasteiger partial charge is 0.164 e. The van der Waals surface area contributed by atoms with Crippen molar-refractivity contribution >= 4 is 44.1 Å². The highest BCUT2D eigenvalue weighted by molar-refractivity contribution is 6.07. The Kier molecular flexibility index (Phi) is 14.5. The number of fused-ring (bicyclic) bond motifs is 20. The van der Waals surface area contributed by atoms with E-state index in [0.717, 1.165) is 111 Å². The molecule has 0 unspecified atom stereocenters. The summed E-state index contributed by atoms with van der Waals surface area (Å²) in [7, 11) is 9.45. The van der Waals surface area contributed by atoms with Crippen LogP contribution in [0.25, 0.3) is 89.7 Å². The van der Waals surface area contributed by atoms with Gasteiger partial charge in [-0.2, -0.15) is 0 Å². The average molecular weight is 1080 g/mol. The normalized spacial score (nSPS) is 19.1. The van der Waals surface area contributed by atoms with Crippen LogP contribution in [0.15, 0.2) is 72.8 Å². The number of nitrogens with zero attached hydrogens (tertiary/aromatic N) is 10. The first-order chi connectivity index (χ1) is 38.9. The summed E-state index contributed by atoms with van der Waals surface area (Å²) in [6.45, 7) is 15.9. The minimum atomic E-state index is 0.530. The minimum Gasteiger partial charge on any atom is -0.488 e. The van der Waals surface area contributed by atoms with Crippen LogP contribution in [0, 0.1) is 0 Å². The predicted octanol–water partition coefficient (Wildman–Crippen LogP) is 10.9. The third-order valence-electron chi connectivity index (χ3n) is 18.9. The van der Waals surface area contributed by atoms with Gasteiger partial charge in [0.2, 0.25) is 0 Å². The lowest BCUT2D eigenvalue weighted by molar-refractivity contribution is -0.914. The Morgan fingerprint density at radius 3 is 0.912 bits per heavy atom. The van der Waals surface area contributed by atoms with Gasteiger partial charge in [-0.05, 0) is 150 Å². The second-order valence-corrected chi connectivity index (χ2v) is 25.2. The first-order valence-corrected chi connectivity index (χ1v) is 30.2. The Bertz CT molecular complexity index is 3350. The van der Waals surface area contributed by atoms with Crippen LogP contribution in [0.3, 0.4) is 0 Å². The molecule has 6 aliphatic heterocycles. The number of benzene rings is 4. The molecule has 0 amide bonds. The summed E-state index contributed by atoms with van der Waals surface area (Å²) >= 11 is 0. The number of quaternary nitrogens is 4. The first kappa shape index (κ1) is 52.6. The van der Waals surface area contributed by atoms with E-state index < -0.39 is 0 Å². The number of rotatable bonds is 16. The third kappa shape index (κ3) is 11.2. The van der Waals surface area contributed by atoms with Crippen molar-refractivity contribution in [1.29, 1.82) is 0 Å². The quantitative estimate of drug-likeness (QED) is 0.0897. The average Bonchev–Trinajstić information content (AvgIpc) is 4.30. The van der Waals surface area contributed by atoms with E-state index in [1.165, 1.54) is 129 Å². The summed E-state index contributed by atoms with van der Waals surface area (Å²) in [4.78, 5) is 39.6. The fourth-order valence-electron chi connectivity index (χ4n) is 13.6. The van der Waals surface area contributed by atoms with Gasteiger partial charge in [0.1, 0.15) is 98.2 Å². The molecule has 418 valence electrons. The molecule has 80 heavy (non-hydrogen) atoms. The number of hydrogen-bond donors (Lipinski definition) is 2.